The summed E-state index contributed by atoms with van der Waals surface area (Å²) in [6.07, 6.45) is 0.377. The maximum absolute atomic E-state index is 13.3. The number of carbonyl (C=O) groups excluding carboxylic acids is 2. The minimum Gasteiger partial charge on any atom is -0.452 e. The van der Waals surface area contributed by atoms with Crippen molar-refractivity contribution in [1.29, 1.82) is 0 Å². The first-order valence-corrected chi connectivity index (χ1v) is 13.7. The molecule has 1 aliphatic rings. The predicted octanol–water partition coefficient (Wildman–Crippen LogP) is 3.20. The van der Waals surface area contributed by atoms with Crippen molar-refractivity contribution in [1.82, 2.24) is 19.7 Å². The molecule has 0 radical (unpaired) electrons. The standard InChI is InChI=1S/C27H26N4O5S/c1-18-25-22(27(33)36-16-24(32)30(2)21-13-14-37(34,35)17-21)15-23(19-9-5-3-6-10-19)28-26(25)31(29-18)20-11-7-4-8-12-20/h3-12,15,21H,13-14,16-17H2,1-2H3. The Morgan fingerprint density at radius 1 is 1.08 bits per heavy atom. The van der Waals surface area contributed by atoms with Crippen LogP contribution in [0.3, 0.4) is 0 Å². The number of pyridine rings is 1. The first kappa shape index (κ1) is 24.6. The summed E-state index contributed by atoms with van der Waals surface area (Å²) in [7, 11) is -1.61. The van der Waals surface area contributed by atoms with Gasteiger partial charge in [-0.1, -0.05) is 48.5 Å². The summed E-state index contributed by atoms with van der Waals surface area (Å²) < 4.78 is 30.7. The molecule has 5 rings (SSSR count). The highest BCUT2D eigenvalue weighted by Gasteiger charge is 2.33. The third-order valence-electron chi connectivity index (χ3n) is 6.58. The molecule has 0 aliphatic carbocycles. The summed E-state index contributed by atoms with van der Waals surface area (Å²) in [6, 6.07) is 20.2. The molecule has 2 aromatic carbocycles. The Labute approximate surface area is 214 Å². The van der Waals surface area contributed by atoms with E-state index in [4.69, 9.17) is 9.72 Å². The van der Waals surface area contributed by atoms with Crippen molar-refractivity contribution >= 4 is 32.7 Å². The number of nitrogens with zero attached hydrogens (tertiary/aromatic N) is 4. The van der Waals surface area contributed by atoms with E-state index in [1.807, 2.05) is 60.7 Å². The number of benzene rings is 2. The van der Waals surface area contributed by atoms with Crippen molar-refractivity contribution in [3.05, 3.63) is 78.0 Å². The SMILES string of the molecule is Cc1nn(-c2ccccc2)c2nc(-c3ccccc3)cc(C(=O)OCC(=O)N(C)C3CCS(=O)(=O)C3)c12. The number of esters is 1. The lowest BCUT2D eigenvalue weighted by atomic mass is 10.1. The van der Waals surface area contributed by atoms with Crippen LogP contribution in [0.4, 0.5) is 0 Å². The zero-order valence-electron chi connectivity index (χ0n) is 20.5. The van der Waals surface area contributed by atoms with Crippen LogP contribution in [0.1, 0.15) is 22.5 Å². The van der Waals surface area contributed by atoms with Crippen molar-refractivity contribution in [3.8, 4) is 16.9 Å². The van der Waals surface area contributed by atoms with Gasteiger partial charge in [-0.05, 0) is 31.5 Å². The van der Waals surface area contributed by atoms with Gasteiger partial charge >= 0.3 is 5.97 Å². The zero-order valence-corrected chi connectivity index (χ0v) is 21.3. The monoisotopic (exact) mass is 518 g/mol. The second-order valence-electron chi connectivity index (χ2n) is 9.09. The number of para-hydroxylation sites is 1. The Bertz CT molecular complexity index is 1580. The van der Waals surface area contributed by atoms with Crippen molar-refractivity contribution in [2.75, 3.05) is 25.2 Å². The minimum atomic E-state index is -3.15. The van der Waals surface area contributed by atoms with Gasteiger partial charge in [0.1, 0.15) is 0 Å². The number of likely N-dealkylation sites (N-methyl/N-ethyl adjacent to an activating group) is 1. The molecule has 10 heteroatoms. The Balaban J connectivity index is 1.49. The highest BCUT2D eigenvalue weighted by molar-refractivity contribution is 7.91. The van der Waals surface area contributed by atoms with Gasteiger partial charge in [-0.25, -0.2) is 22.9 Å². The molecule has 4 aromatic rings. The van der Waals surface area contributed by atoms with Crippen LogP contribution in [0, 0.1) is 6.92 Å². The molecule has 1 unspecified atom stereocenters. The van der Waals surface area contributed by atoms with Crippen molar-refractivity contribution in [2.45, 2.75) is 19.4 Å². The first-order valence-electron chi connectivity index (χ1n) is 11.9. The summed E-state index contributed by atoms with van der Waals surface area (Å²) in [5.74, 6) is -1.16. The lowest BCUT2D eigenvalue weighted by Gasteiger charge is -2.23. The largest absolute Gasteiger partial charge is 0.452 e. The lowest BCUT2D eigenvalue weighted by molar-refractivity contribution is -0.134. The highest BCUT2D eigenvalue weighted by Crippen LogP contribution is 2.29. The van der Waals surface area contributed by atoms with Crippen LogP contribution in [0.15, 0.2) is 66.7 Å². The average molecular weight is 519 g/mol. The molecule has 1 amide bonds. The van der Waals surface area contributed by atoms with E-state index in [0.29, 0.717) is 28.8 Å². The predicted molar refractivity (Wildman–Crippen MR) is 139 cm³/mol. The van der Waals surface area contributed by atoms with E-state index < -0.39 is 34.4 Å². The fourth-order valence-corrected chi connectivity index (χ4v) is 6.32. The molecule has 0 saturated carbocycles. The van der Waals surface area contributed by atoms with E-state index in [1.54, 1.807) is 17.7 Å². The Kier molecular flexibility index (Phi) is 6.51. The van der Waals surface area contributed by atoms with Crippen LogP contribution in [-0.4, -0.2) is 71.2 Å². The fourth-order valence-electron chi connectivity index (χ4n) is 4.55. The molecule has 1 atom stereocenters. The number of rotatable bonds is 6. The number of hydrogen-bond acceptors (Lipinski definition) is 7. The smallest absolute Gasteiger partial charge is 0.339 e. The van der Waals surface area contributed by atoms with Gasteiger partial charge in [0.25, 0.3) is 5.91 Å². The number of aromatic nitrogens is 3. The zero-order chi connectivity index (χ0) is 26.2. The van der Waals surface area contributed by atoms with Gasteiger partial charge in [0.15, 0.2) is 22.1 Å². The second kappa shape index (κ2) is 9.78. The van der Waals surface area contributed by atoms with Crippen LogP contribution in [-0.2, 0) is 19.4 Å². The van der Waals surface area contributed by atoms with Gasteiger partial charge in [-0.3, -0.25) is 4.79 Å². The van der Waals surface area contributed by atoms with Gasteiger partial charge in [-0.2, -0.15) is 5.10 Å². The summed E-state index contributed by atoms with van der Waals surface area (Å²) in [4.78, 5) is 32.2. The summed E-state index contributed by atoms with van der Waals surface area (Å²) in [5, 5.41) is 5.18. The highest BCUT2D eigenvalue weighted by atomic mass is 32.2. The van der Waals surface area contributed by atoms with E-state index in [2.05, 4.69) is 5.10 Å². The van der Waals surface area contributed by atoms with Crippen LogP contribution in [0.2, 0.25) is 0 Å². The molecule has 1 aliphatic heterocycles. The van der Waals surface area contributed by atoms with Crippen LogP contribution < -0.4 is 0 Å². The summed E-state index contributed by atoms with van der Waals surface area (Å²) in [5.41, 5.74) is 3.52. The Morgan fingerprint density at radius 3 is 2.41 bits per heavy atom. The number of aryl methyl sites for hydroxylation is 1. The number of fused-ring (bicyclic) bond motifs is 1. The molecule has 0 bridgehead atoms. The molecule has 0 spiro atoms. The average Bonchev–Trinajstić information content (AvgIpc) is 3.45. The van der Waals surface area contributed by atoms with Crippen LogP contribution in [0.5, 0.6) is 0 Å². The fraction of sp³-hybridized carbons (Fsp3) is 0.259. The summed E-state index contributed by atoms with van der Waals surface area (Å²) in [6.45, 7) is 1.30. The minimum absolute atomic E-state index is 0.0526. The van der Waals surface area contributed by atoms with Crippen molar-refractivity contribution < 1.29 is 22.7 Å². The topological polar surface area (TPSA) is 111 Å². The molecular formula is C27H26N4O5S. The van der Waals surface area contributed by atoms with Gasteiger partial charge in [0.2, 0.25) is 0 Å². The van der Waals surface area contributed by atoms with Gasteiger partial charge < -0.3 is 9.64 Å². The second-order valence-corrected chi connectivity index (χ2v) is 11.3. The van der Waals surface area contributed by atoms with Gasteiger partial charge in [0, 0.05) is 18.7 Å². The third-order valence-corrected chi connectivity index (χ3v) is 8.33. The number of ether oxygens (including phenoxy) is 1. The van der Waals surface area contributed by atoms with Crippen LogP contribution >= 0.6 is 0 Å². The molecule has 2 aromatic heterocycles. The quantitative estimate of drug-likeness (QED) is 0.360. The number of amides is 1. The molecule has 1 fully saturated rings. The lowest BCUT2D eigenvalue weighted by Crippen LogP contribution is -2.40. The van der Waals surface area contributed by atoms with Crippen LogP contribution in [0.25, 0.3) is 28.0 Å². The third kappa shape index (κ3) is 4.97. The van der Waals surface area contributed by atoms with E-state index in [9.17, 15) is 18.0 Å². The van der Waals surface area contributed by atoms with E-state index in [-0.39, 0.29) is 17.1 Å². The molecule has 37 heavy (non-hydrogen) atoms. The van der Waals surface area contributed by atoms with Crippen molar-refractivity contribution in [2.24, 2.45) is 0 Å². The maximum Gasteiger partial charge on any atom is 0.339 e. The summed E-state index contributed by atoms with van der Waals surface area (Å²) >= 11 is 0. The normalized spacial score (nSPS) is 16.5. The molecule has 190 valence electrons. The molecule has 9 nitrogen and oxygen atoms in total. The first-order chi connectivity index (χ1) is 17.7. The Hall–Kier alpha value is -4.05. The number of carbonyl (C=O) groups is 2. The maximum atomic E-state index is 13.3. The van der Waals surface area contributed by atoms with E-state index in [0.717, 1.165) is 11.3 Å². The van der Waals surface area contributed by atoms with E-state index >= 15 is 0 Å². The molecule has 3 heterocycles. The molecule has 0 N–H and O–H groups in total. The van der Waals surface area contributed by atoms with Crippen molar-refractivity contribution in [3.63, 3.8) is 0 Å². The number of hydrogen-bond donors (Lipinski definition) is 0. The number of sulfone groups is 1. The van der Waals surface area contributed by atoms with E-state index in [1.165, 1.54) is 11.9 Å². The molecular weight excluding hydrogens is 492 g/mol. The Morgan fingerprint density at radius 2 is 1.76 bits per heavy atom. The van der Waals surface area contributed by atoms with Gasteiger partial charge in [-0.15, -0.1) is 0 Å². The molecule has 1 saturated heterocycles. The van der Waals surface area contributed by atoms with Gasteiger partial charge in [0.05, 0.1) is 39.5 Å².